The second-order valence-electron chi connectivity index (χ2n) is 9.01. The van der Waals surface area contributed by atoms with Crippen LogP contribution in [-0.2, 0) is 23.9 Å². The van der Waals surface area contributed by atoms with Gasteiger partial charge in [0.05, 0.1) is 31.8 Å². The molecule has 0 N–H and O–H groups in total. The van der Waals surface area contributed by atoms with Gasteiger partial charge in [-0.2, -0.15) is 0 Å². The molecule has 2 aliphatic rings. The summed E-state index contributed by atoms with van der Waals surface area (Å²) >= 11 is 0. The van der Waals surface area contributed by atoms with Crippen LogP contribution >= 0.6 is 0 Å². The molecule has 37 heavy (non-hydrogen) atoms. The van der Waals surface area contributed by atoms with E-state index in [1.165, 1.54) is 19.2 Å². The summed E-state index contributed by atoms with van der Waals surface area (Å²) in [5.41, 5.74) is 2.48. The highest BCUT2D eigenvalue weighted by molar-refractivity contribution is 6.18. The Hall–Kier alpha value is -3.81. The van der Waals surface area contributed by atoms with E-state index < -0.39 is 47.2 Å². The van der Waals surface area contributed by atoms with Gasteiger partial charge in [-0.1, -0.05) is 30.3 Å². The third-order valence-electron chi connectivity index (χ3n) is 6.95. The van der Waals surface area contributed by atoms with E-state index in [2.05, 4.69) is 0 Å². The Bertz CT molecular complexity index is 1270. The van der Waals surface area contributed by atoms with E-state index in [1.54, 1.807) is 39.0 Å². The number of rotatable bonds is 7. The number of hydrogen-bond acceptors (Lipinski definition) is 7. The maximum Gasteiger partial charge on any atom is 0.336 e. The number of carbonyl (C=O) groups excluding carboxylic acids is 3. The third-order valence-corrected chi connectivity index (χ3v) is 6.95. The summed E-state index contributed by atoms with van der Waals surface area (Å²) in [5.74, 6) is -4.91. The van der Waals surface area contributed by atoms with Gasteiger partial charge < -0.3 is 14.2 Å². The summed E-state index contributed by atoms with van der Waals surface area (Å²) in [6, 6.07) is 12.9. The summed E-state index contributed by atoms with van der Waals surface area (Å²) in [6.07, 6.45) is 0.283. The van der Waals surface area contributed by atoms with Crippen molar-refractivity contribution in [1.29, 1.82) is 0 Å². The average Bonchev–Trinajstić information content (AvgIpc) is 2.88. The van der Waals surface area contributed by atoms with Crippen LogP contribution in [-0.4, -0.2) is 43.8 Å². The van der Waals surface area contributed by atoms with Crippen LogP contribution in [0.2, 0.25) is 0 Å². The number of aliphatic imine (C=N–C) groups is 1. The molecule has 0 saturated heterocycles. The van der Waals surface area contributed by atoms with Crippen molar-refractivity contribution in [2.24, 2.45) is 16.8 Å². The molecule has 7 nitrogen and oxygen atoms in total. The van der Waals surface area contributed by atoms with E-state index in [0.29, 0.717) is 28.3 Å². The molecular formula is C29H30FNO6. The van der Waals surface area contributed by atoms with Crippen LogP contribution in [0.5, 0.6) is 5.75 Å². The van der Waals surface area contributed by atoms with E-state index >= 15 is 0 Å². The van der Waals surface area contributed by atoms with E-state index in [0.717, 1.165) is 0 Å². The third kappa shape index (κ3) is 4.92. The number of benzene rings is 2. The van der Waals surface area contributed by atoms with Gasteiger partial charge in [-0.3, -0.25) is 14.6 Å². The molecule has 2 aromatic carbocycles. The maximum absolute atomic E-state index is 14.3. The fourth-order valence-corrected chi connectivity index (χ4v) is 5.45. The van der Waals surface area contributed by atoms with Crippen molar-refractivity contribution in [2.45, 2.75) is 39.0 Å². The molecule has 0 spiro atoms. The van der Waals surface area contributed by atoms with Crippen molar-refractivity contribution in [3.63, 3.8) is 0 Å². The Balaban J connectivity index is 1.91. The lowest BCUT2D eigenvalue weighted by molar-refractivity contribution is -0.153. The monoisotopic (exact) mass is 507 g/mol. The molecule has 1 saturated carbocycles. The minimum Gasteiger partial charge on any atom is -0.496 e. The van der Waals surface area contributed by atoms with Gasteiger partial charge in [0.15, 0.2) is 5.78 Å². The van der Waals surface area contributed by atoms with Crippen LogP contribution in [0.4, 0.5) is 4.39 Å². The molecule has 8 heteroatoms. The molecular weight excluding hydrogens is 477 g/mol. The molecule has 194 valence electrons. The van der Waals surface area contributed by atoms with E-state index in [4.69, 9.17) is 19.2 Å². The van der Waals surface area contributed by atoms with Gasteiger partial charge in [-0.15, -0.1) is 0 Å². The normalized spacial score (nSPS) is 23.2. The number of fused-ring (bicyclic) bond motifs is 1. The molecule has 0 radical (unpaired) electrons. The van der Waals surface area contributed by atoms with E-state index in [-0.39, 0.29) is 25.2 Å². The van der Waals surface area contributed by atoms with Crippen molar-refractivity contribution in [3.05, 3.63) is 76.7 Å². The number of methoxy groups -OCH3 is 1. The van der Waals surface area contributed by atoms with Crippen molar-refractivity contribution in [1.82, 2.24) is 0 Å². The zero-order valence-corrected chi connectivity index (χ0v) is 21.3. The Morgan fingerprint density at radius 2 is 1.68 bits per heavy atom. The lowest BCUT2D eigenvalue weighted by Gasteiger charge is -2.41. The van der Waals surface area contributed by atoms with Crippen LogP contribution in [0, 0.1) is 17.7 Å². The number of ether oxygens (including phenoxy) is 3. The van der Waals surface area contributed by atoms with Gasteiger partial charge in [0, 0.05) is 23.2 Å². The molecule has 0 aromatic heterocycles. The van der Waals surface area contributed by atoms with Crippen molar-refractivity contribution in [3.8, 4) is 5.75 Å². The van der Waals surface area contributed by atoms with Crippen LogP contribution in [0.1, 0.15) is 50.2 Å². The summed E-state index contributed by atoms with van der Waals surface area (Å²) < 4.78 is 30.0. The fraction of sp³-hybridized carbons (Fsp3) is 0.379. The minimum absolute atomic E-state index is 0.112. The van der Waals surface area contributed by atoms with Crippen molar-refractivity contribution in [2.75, 3.05) is 20.3 Å². The Labute approximate surface area is 215 Å². The number of ketones is 1. The standard InChI is InChI=1S/C29H30FNO6/c1-5-36-28(33)23-16(3)31-21-15-20(19-9-7-8-10-22(19)35-4)25(29(34)37-6-2)27(32)26(21)24(23)17-11-13-18(30)14-12-17/h7-14,20,24-26H,5-6,15H2,1-4H3/t20-,24-,25-,26?/m1/s1. The molecule has 1 unspecified atom stereocenters. The van der Waals surface area contributed by atoms with Gasteiger partial charge in [0.1, 0.15) is 17.5 Å². The number of esters is 2. The molecule has 4 atom stereocenters. The lowest BCUT2D eigenvalue weighted by atomic mass is 9.62. The molecule has 4 rings (SSSR count). The number of halogens is 1. The highest BCUT2D eigenvalue weighted by Crippen LogP contribution is 2.49. The van der Waals surface area contributed by atoms with Crippen molar-refractivity contribution >= 4 is 23.4 Å². The number of allylic oxidation sites excluding steroid dienone is 1. The van der Waals surface area contributed by atoms with Crippen LogP contribution < -0.4 is 4.74 Å². The molecule has 0 amide bonds. The van der Waals surface area contributed by atoms with Crippen LogP contribution in [0.25, 0.3) is 0 Å². The number of nitrogens with zero attached hydrogens (tertiary/aromatic N) is 1. The van der Waals surface area contributed by atoms with Crippen LogP contribution in [0.15, 0.2) is 64.8 Å². The molecule has 1 heterocycles. The highest BCUT2D eigenvalue weighted by Gasteiger charge is 2.53. The lowest BCUT2D eigenvalue weighted by Crippen LogP contribution is -2.48. The number of Topliss-reactive ketones (excluding diaryl/α,β-unsaturated/α-hetero) is 1. The van der Waals surface area contributed by atoms with Gasteiger partial charge in [-0.05, 0) is 56.5 Å². The fourth-order valence-electron chi connectivity index (χ4n) is 5.45. The van der Waals surface area contributed by atoms with Gasteiger partial charge in [-0.25, -0.2) is 9.18 Å². The zero-order valence-electron chi connectivity index (χ0n) is 21.3. The van der Waals surface area contributed by atoms with Gasteiger partial charge in [0.25, 0.3) is 0 Å². The molecule has 0 bridgehead atoms. The number of hydrogen-bond donors (Lipinski definition) is 0. The first-order chi connectivity index (χ1) is 17.8. The SMILES string of the molecule is CCOC(=O)C1=C(C)N=C2C[C@H](c3ccccc3OC)[C@@H](C(=O)OCC)C(=O)C2[C@@H]1c1ccc(F)cc1. The summed E-state index contributed by atoms with van der Waals surface area (Å²) in [5, 5.41) is 0. The first-order valence-electron chi connectivity index (χ1n) is 12.4. The van der Waals surface area contributed by atoms with Gasteiger partial charge in [0.2, 0.25) is 0 Å². The average molecular weight is 508 g/mol. The predicted octanol–water partition coefficient (Wildman–Crippen LogP) is 4.76. The van der Waals surface area contributed by atoms with E-state index in [9.17, 15) is 18.8 Å². The quantitative estimate of drug-likeness (QED) is 0.396. The Kier molecular flexibility index (Phi) is 7.86. The maximum atomic E-state index is 14.3. The molecule has 1 aliphatic heterocycles. The number of carbonyl (C=O) groups is 3. The predicted molar refractivity (Wildman–Crippen MR) is 135 cm³/mol. The van der Waals surface area contributed by atoms with Gasteiger partial charge >= 0.3 is 11.9 Å². The molecule has 2 aromatic rings. The Morgan fingerprint density at radius 3 is 2.32 bits per heavy atom. The highest BCUT2D eigenvalue weighted by atomic mass is 19.1. The second-order valence-corrected chi connectivity index (χ2v) is 9.01. The summed E-state index contributed by atoms with van der Waals surface area (Å²) in [4.78, 5) is 45.3. The summed E-state index contributed by atoms with van der Waals surface area (Å²) in [6.45, 7) is 5.33. The topological polar surface area (TPSA) is 91.3 Å². The summed E-state index contributed by atoms with van der Waals surface area (Å²) in [7, 11) is 1.53. The first kappa shape index (κ1) is 26.3. The Morgan fingerprint density at radius 1 is 1.00 bits per heavy atom. The van der Waals surface area contributed by atoms with E-state index in [1.807, 2.05) is 18.2 Å². The van der Waals surface area contributed by atoms with Crippen LogP contribution in [0.3, 0.4) is 0 Å². The minimum atomic E-state index is -1.13. The first-order valence-corrected chi connectivity index (χ1v) is 12.4. The molecule has 1 aliphatic carbocycles. The zero-order chi connectivity index (χ0) is 26.7. The smallest absolute Gasteiger partial charge is 0.336 e. The largest absolute Gasteiger partial charge is 0.496 e. The second kappa shape index (κ2) is 11.1. The number of para-hydroxylation sites is 1. The van der Waals surface area contributed by atoms with Crippen molar-refractivity contribution < 1.29 is 33.0 Å². The molecule has 1 fully saturated rings.